The summed E-state index contributed by atoms with van der Waals surface area (Å²) >= 11 is 0. The van der Waals surface area contributed by atoms with Gasteiger partial charge in [-0.15, -0.1) is 24.0 Å². The third kappa shape index (κ3) is 6.73. The molecule has 0 aromatic heterocycles. The molecule has 2 rings (SSSR count). The summed E-state index contributed by atoms with van der Waals surface area (Å²) in [6, 6.07) is 6.68. The molecule has 0 amide bonds. The van der Waals surface area contributed by atoms with E-state index in [2.05, 4.69) is 29.5 Å². The number of halogens is 2. The fourth-order valence-electron chi connectivity index (χ4n) is 3.08. The smallest absolute Gasteiger partial charge is 0.191 e. The van der Waals surface area contributed by atoms with Gasteiger partial charge >= 0.3 is 0 Å². The number of aliphatic hydroxyl groups is 1. The van der Waals surface area contributed by atoms with Crippen LogP contribution in [0.1, 0.15) is 52.0 Å². The van der Waals surface area contributed by atoms with Gasteiger partial charge in [0.25, 0.3) is 0 Å². The van der Waals surface area contributed by atoms with Crippen LogP contribution in [0, 0.1) is 5.82 Å². The Morgan fingerprint density at radius 1 is 1.28 bits per heavy atom. The fraction of sp³-hybridized carbons (Fsp3) is 0.632. The Morgan fingerprint density at radius 3 is 2.56 bits per heavy atom. The fourth-order valence-corrected chi connectivity index (χ4v) is 3.08. The molecule has 0 aliphatic heterocycles. The molecule has 1 aromatic rings. The highest BCUT2D eigenvalue weighted by Crippen LogP contribution is 2.28. The Morgan fingerprint density at radius 2 is 1.96 bits per heavy atom. The molecule has 0 unspecified atom stereocenters. The largest absolute Gasteiger partial charge is 0.388 e. The molecular weight excluding hydrogens is 432 g/mol. The standard InChI is InChI=1S/C19H30FN3O.HI/c1-4-21-17(23-14-19(24)10-5-6-11-19)22-13-18(2,3)15-8-7-9-16(20)12-15;/h7-9,12,24H,4-6,10-11,13-14H2,1-3H3,(H2,21,22,23);1H. The van der Waals surface area contributed by atoms with Crippen LogP contribution in [0.25, 0.3) is 0 Å². The number of hydrogen-bond acceptors (Lipinski definition) is 2. The van der Waals surface area contributed by atoms with Gasteiger partial charge in [0.05, 0.1) is 12.1 Å². The molecular formula is C19H31FIN3O. The molecule has 4 nitrogen and oxygen atoms in total. The second-order valence-corrected chi connectivity index (χ2v) is 7.37. The average Bonchev–Trinajstić information content (AvgIpc) is 2.97. The molecule has 0 saturated heterocycles. The van der Waals surface area contributed by atoms with Gasteiger partial charge in [0.15, 0.2) is 5.96 Å². The van der Waals surface area contributed by atoms with Crippen molar-refractivity contribution in [2.24, 2.45) is 4.99 Å². The van der Waals surface area contributed by atoms with Gasteiger partial charge < -0.3 is 15.7 Å². The Kier molecular flexibility index (Phi) is 8.60. The van der Waals surface area contributed by atoms with Gasteiger partial charge in [-0.3, -0.25) is 4.99 Å². The number of hydrogen-bond donors (Lipinski definition) is 3. The summed E-state index contributed by atoms with van der Waals surface area (Å²) in [5, 5.41) is 16.9. The van der Waals surface area contributed by atoms with Gasteiger partial charge in [-0.1, -0.05) is 38.8 Å². The molecule has 1 aromatic carbocycles. The molecule has 3 N–H and O–H groups in total. The summed E-state index contributed by atoms with van der Waals surface area (Å²) in [7, 11) is 0. The molecule has 0 radical (unpaired) electrons. The van der Waals surface area contributed by atoms with Crippen molar-refractivity contribution in [3.63, 3.8) is 0 Å². The quantitative estimate of drug-likeness (QED) is 0.344. The number of guanidine groups is 1. The monoisotopic (exact) mass is 463 g/mol. The second kappa shape index (κ2) is 9.71. The maximum absolute atomic E-state index is 13.5. The highest BCUT2D eigenvalue weighted by molar-refractivity contribution is 14.0. The van der Waals surface area contributed by atoms with Crippen molar-refractivity contribution in [2.45, 2.75) is 57.5 Å². The van der Waals surface area contributed by atoms with Gasteiger partial charge in [0.2, 0.25) is 0 Å². The minimum atomic E-state index is -0.617. The lowest BCUT2D eigenvalue weighted by molar-refractivity contribution is 0.0522. The number of aliphatic imine (C=N–C) groups is 1. The molecule has 25 heavy (non-hydrogen) atoms. The molecule has 1 aliphatic carbocycles. The normalized spacial score (nSPS) is 17.1. The molecule has 6 heteroatoms. The van der Waals surface area contributed by atoms with E-state index < -0.39 is 5.60 Å². The van der Waals surface area contributed by atoms with Crippen LogP contribution in [-0.4, -0.2) is 36.3 Å². The van der Waals surface area contributed by atoms with Gasteiger partial charge in [-0.25, -0.2) is 4.39 Å². The van der Waals surface area contributed by atoms with Gasteiger partial charge in [0, 0.05) is 18.5 Å². The molecule has 1 saturated carbocycles. The molecule has 0 heterocycles. The zero-order valence-electron chi connectivity index (χ0n) is 15.4. The van der Waals surface area contributed by atoms with E-state index in [0.717, 1.165) is 37.8 Å². The average molecular weight is 463 g/mol. The second-order valence-electron chi connectivity index (χ2n) is 7.37. The first-order chi connectivity index (χ1) is 11.3. The molecule has 1 fully saturated rings. The summed E-state index contributed by atoms with van der Waals surface area (Å²) < 4.78 is 13.5. The molecule has 0 bridgehead atoms. The van der Waals surface area contributed by atoms with Crippen LogP contribution < -0.4 is 10.6 Å². The highest BCUT2D eigenvalue weighted by Gasteiger charge is 2.31. The van der Waals surface area contributed by atoms with Crippen molar-refractivity contribution in [3.05, 3.63) is 35.6 Å². The van der Waals surface area contributed by atoms with Crippen molar-refractivity contribution < 1.29 is 9.50 Å². The number of rotatable bonds is 6. The third-order valence-corrected chi connectivity index (χ3v) is 4.70. The van der Waals surface area contributed by atoms with Gasteiger partial charge in [-0.2, -0.15) is 0 Å². The Hall–Kier alpha value is -0.890. The predicted octanol–water partition coefficient (Wildman–Crippen LogP) is 3.58. The summed E-state index contributed by atoms with van der Waals surface area (Å²) in [4.78, 5) is 4.64. The zero-order valence-corrected chi connectivity index (χ0v) is 17.8. The van der Waals surface area contributed by atoms with Crippen molar-refractivity contribution in [1.82, 2.24) is 10.6 Å². The number of nitrogens with zero attached hydrogens (tertiary/aromatic N) is 1. The number of nitrogens with one attached hydrogen (secondary N) is 2. The minimum Gasteiger partial charge on any atom is -0.388 e. The van der Waals surface area contributed by atoms with E-state index in [0.29, 0.717) is 19.0 Å². The van der Waals surface area contributed by atoms with Crippen LogP contribution in [0.3, 0.4) is 0 Å². The van der Waals surface area contributed by atoms with Gasteiger partial charge in [0.1, 0.15) is 5.82 Å². The topological polar surface area (TPSA) is 56.7 Å². The zero-order chi connectivity index (χ0) is 17.6. The van der Waals surface area contributed by atoms with Crippen LogP contribution >= 0.6 is 24.0 Å². The highest BCUT2D eigenvalue weighted by atomic mass is 127. The summed E-state index contributed by atoms with van der Waals surface area (Å²) in [6.45, 7) is 7.92. The van der Waals surface area contributed by atoms with E-state index in [9.17, 15) is 9.50 Å². The van der Waals surface area contributed by atoms with Crippen LogP contribution in [0.4, 0.5) is 4.39 Å². The lowest BCUT2D eigenvalue weighted by atomic mass is 9.85. The van der Waals surface area contributed by atoms with Crippen molar-refractivity contribution >= 4 is 29.9 Å². The van der Waals surface area contributed by atoms with Crippen LogP contribution in [0.15, 0.2) is 29.3 Å². The predicted molar refractivity (Wildman–Crippen MR) is 112 cm³/mol. The Bertz CT molecular complexity index is 572. The SMILES string of the molecule is CCNC(=NCC(C)(C)c1cccc(F)c1)NCC1(O)CCCC1.I. The number of benzene rings is 1. The Labute approximate surface area is 167 Å². The van der Waals surface area contributed by atoms with Crippen LogP contribution in [0.5, 0.6) is 0 Å². The van der Waals surface area contributed by atoms with E-state index in [-0.39, 0.29) is 35.2 Å². The van der Waals surface area contributed by atoms with Crippen LogP contribution in [-0.2, 0) is 5.41 Å². The molecule has 0 atom stereocenters. The summed E-state index contributed by atoms with van der Waals surface area (Å²) in [5.74, 6) is 0.473. The van der Waals surface area contributed by atoms with E-state index in [1.165, 1.54) is 6.07 Å². The summed E-state index contributed by atoms with van der Waals surface area (Å²) in [5.41, 5.74) is 0.0414. The Balaban J connectivity index is 0.00000312. The first-order valence-electron chi connectivity index (χ1n) is 8.85. The maximum atomic E-state index is 13.5. The lowest BCUT2D eigenvalue weighted by Gasteiger charge is -2.26. The van der Waals surface area contributed by atoms with E-state index in [4.69, 9.17) is 0 Å². The van der Waals surface area contributed by atoms with Gasteiger partial charge in [-0.05, 0) is 37.5 Å². The third-order valence-electron chi connectivity index (χ3n) is 4.70. The minimum absolute atomic E-state index is 0. The van der Waals surface area contributed by atoms with E-state index >= 15 is 0 Å². The lowest BCUT2D eigenvalue weighted by Crippen LogP contribution is -2.46. The molecule has 0 spiro atoms. The molecule has 142 valence electrons. The van der Waals surface area contributed by atoms with E-state index in [1.54, 1.807) is 12.1 Å². The first-order valence-corrected chi connectivity index (χ1v) is 8.85. The summed E-state index contributed by atoms with van der Waals surface area (Å²) in [6.07, 6.45) is 3.85. The molecule has 1 aliphatic rings. The van der Waals surface area contributed by atoms with Crippen molar-refractivity contribution in [1.29, 1.82) is 0 Å². The first kappa shape index (κ1) is 22.2. The van der Waals surface area contributed by atoms with E-state index in [1.807, 2.05) is 13.0 Å². The maximum Gasteiger partial charge on any atom is 0.191 e. The van der Waals surface area contributed by atoms with Crippen LogP contribution in [0.2, 0.25) is 0 Å². The van der Waals surface area contributed by atoms with Crippen molar-refractivity contribution in [2.75, 3.05) is 19.6 Å². The van der Waals surface area contributed by atoms with Crippen molar-refractivity contribution in [3.8, 4) is 0 Å².